The number of amides is 3. The van der Waals surface area contributed by atoms with Crippen LogP contribution in [0.2, 0.25) is 0 Å². The highest BCUT2D eigenvalue weighted by atomic mass is 16.5. The molecule has 2 fully saturated rings. The average molecular weight is 477 g/mol. The van der Waals surface area contributed by atoms with E-state index in [0.29, 0.717) is 68.9 Å². The van der Waals surface area contributed by atoms with E-state index in [1.165, 1.54) is 0 Å². The van der Waals surface area contributed by atoms with Gasteiger partial charge in [-0.15, -0.1) is 0 Å². The van der Waals surface area contributed by atoms with Crippen LogP contribution >= 0.6 is 0 Å². The number of aromatic nitrogens is 2. The summed E-state index contributed by atoms with van der Waals surface area (Å²) < 4.78 is 5.17. The first-order chi connectivity index (χ1) is 16.5. The van der Waals surface area contributed by atoms with Crippen LogP contribution in [0.1, 0.15) is 45.4 Å². The summed E-state index contributed by atoms with van der Waals surface area (Å²) in [6.45, 7) is 4.78. The van der Waals surface area contributed by atoms with Crippen molar-refractivity contribution >= 4 is 24.2 Å². The van der Waals surface area contributed by atoms with Crippen LogP contribution in [0, 0.1) is 5.92 Å². The minimum absolute atomic E-state index is 0.0411. The Bertz CT molecular complexity index is 832. The minimum atomic E-state index is -0.516. The second kappa shape index (κ2) is 12.5. The van der Waals surface area contributed by atoms with Crippen LogP contribution in [0.25, 0.3) is 0 Å². The van der Waals surface area contributed by atoms with Gasteiger partial charge in [0.25, 0.3) is 0 Å². The van der Waals surface area contributed by atoms with Crippen LogP contribution in [0.3, 0.4) is 0 Å². The van der Waals surface area contributed by atoms with Crippen molar-refractivity contribution < 1.29 is 24.3 Å². The zero-order chi connectivity index (χ0) is 24.5. The third-order valence-electron chi connectivity index (χ3n) is 6.56. The summed E-state index contributed by atoms with van der Waals surface area (Å²) in [5, 5.41) is 10.2. The lowest BCUT2D eigenvalue weighted by Crippen LogP contribution is -2.55. The number of piperazine rings is 1. The molecule has 1 aromatic rings. The summed E-state index contributed by atoms with van der Waals surface area (Å²) in [7, 11) is 1.56. The van der Waals surface area contributed by atoms with Crippen LogP contribution in [-0.2, 0) is 14.4 Å². The fourth-order valence-electron chi connectivity index (χ4n) is 4.66. The molecular weight excluding hydrogens is 440 g/mol. The van der Waals surface area contributed by atoms with Gasteiger partial charge in [-0.25, -0.2) is 10.0 Å². The fraction of sp³-hybridized carbons (Fsp3) is 0.696. The number of ether oxygens (including phenoxy) is 1. The molecule has 2 aliphatic rings. The maximum Gasteiger partial charge on any atom is 0.245 e. The number of hydroxylamine groups is 2. The Morgan fingerprint density at radius 2 is 2.03 bits per heavy atom. The van der Waals surface area contributed by atoms with Gasteiger partial charge in [0.15, 0.2) is 0 Å². The summed E-state index contributed by atoms with van der Waals surface area (Å²) >= 11 is 0. The molecule has 2 aliphatic heterocycles. The number of likely N-dealkylation sites (tertiary alicyclic amines) is 1. The molecule has 11 heteroatoms. The van der Waals surface area contributed by atoms with E-state index in [0.717, 1.165) is 25.7 Å². The second-order valence-electron chi connectivity index (χ2n) is 8.82. The van der Waals surface area contributed by atoms with Crippen molar-refractivity contribution in [1.82, 2.24) is 24.8 Å². The maximum absolute atomic E-state index is 13.4. The van der Waals surface area contributed by atoms with Gasteiger partial charge in [-0.1, -0.05) is 26.2 Å². The predicted octanol–water partition coefficient (Wildman–Crippen LogP) is 1.17. The summed E-state index contributed by atoms with van der Waals surface area (Å²) in [4.78, 5) is 51.8. The van der Waals surface area contributed by atoms with Crippen LogP contribution in [0.4, 0.5) is 5.95 Å². The van der Waals surface area contributed by atoms with Crippen molar-refractivity contribution in [3.63, 3.8) is 0 Å². The van der Waals surface area contributed by atoms with Gasteiger partial charge in [-0.05, 0) is 19.3 Å². The Balaban J connectivity index is 1.61. The Hall–Kier alpha value is -2.95. The summed E-state index contributed by atoms with van der Waals surface area (Å²) in [5.74, 6) is 0.352. The van der Waals surface area contributed by atoms with Gasteiger partial charge in [-0.2, -0.15) is 4.98 Å². The molecule has 1 N–H and O–H groups in total. The van der Waals surface area contributed by atoms with Crippen molar-refractivity contribution in [3.8, 4) is 5.88 Å². The van der Waals surface area contributed by atoms with E-state index >= 15 is 0 Å². The normalized spacial score (nSPS) is 19.1. The number of anilines is 1. The van der Waals surface area contributed by atoms with E-state index in [4.69, 9.17) is 4.74 Å². The van der Waals surface area contributed by atoms with E-state index in [-0.39, 0.29) is 18.4 Å². The van der Waals surface area contributed by atoms with E-state index in [9.17, 15) is 19.6 Å². The molecule has 3 amide bonds. The summed E-state index contributed by atoms with van der Waals surface area (Å²) in [6.07, 6.45) is 6.75. The van der Waals surface area contributed by atoms with Gasteiger partial charge in [0.1, 0.15) is 6.04 Å². The summed E-state index contributed by atoms with van der Waals surface area (Å²) in [6, 6.07) is 1.19. The fourth-order valence-corrected chi connectivity index (χ4v) is 4.66. The molecule has 1 aromatic heterocycles. The van der Waals surface area contributed by atoms with Gasteiger partial charge >= 0.3 is 0 Å². The first kappa shape index (κ1) is 25.7. The third-order valence-corrected chi connectivity index (χ3v) is 6.56. The molecule has 34 heavy (non-hydrogen) atoms. The lowest BCUT2D eigenvalue weighted by atomic mass is 9.98. The predicted molar refractivity (Wildman–Crippen MR) is 124 cm³/mol. The first-order valence-corrected chi connectivity index (χ1v) is 12.1. The first-order valence-electron chi connectivity index (χ1n) is 12.1. The Kier molecular flexibility index (Phi) is 9.43. The molecule has 188 valence electrons. The van der Waals surface area contributed by atoms with Gasteiger partial charge in [0.05, 0.1) is 19.6 Å². The van der Waals surface area contributed by atoms with Crippen LogP contribution in [-0.4, -0.2) is 101 Å². The highest BCUT2D eigenvalue weighted by molar-refractivity contribution is 5.89. The van der Waals surface area contributed by atoms with Gasteiger partial charge in [0.2, 0.25) is 30.1 Å². The van der Waals surface area contributed by atoms with Crippen molar-refractivity contribution in [1.29, 1.82) is 0 Å². The molecule has 0 aliphatic carbocycles. The van der Waals surface area contributed by atoms with Crippen LogP contribution < -0.4 is 9.64 Å². The zero-order valence-corrected chi connectivity index (χ0v) is 20.1. The smallest absolute Gasteiger partial charge is 0.245 e. The Labute approximate surface area is 200 Å². The molecule has 2 saturated heterocycles. The zero-order valence-electron chi connectivity index (χ0n) is 20.1. The molecule has 0 saturated carbocycles. The van der Waals surface area contributed by atoms with E-state index < -0.39 is 12.0 Å². The van der Waals surface area contributed by atoms with Crippen molar-refractivity contribution in [2.75, 3.05) is 51.3 Å². The molecule has 0 radical (unpaired) electrons. The number of methoxy groups -OCH3 is 1. The maximum atomic E-state index is 13.4. The van der Waals surface area contributed by atoms with E-state index in [1.54, 1.807) is 24.3 Å². The standard InChI is InChI=1S/C23H36N6O5/c1-3-4-5-7-18(16-28(33)17-30)21(31)29-11-6-8-19(29)22(32)26-12-14-27(15-13-26)23-24-10-9-20(25-23)34-2/h9-10,17-19,33H,3-8,11-16H2,1-2H3/t18-,19+/m1/s1. The van der Waals surface area contributed by atoms with Crippen molar-refractivity contribution in [2.24, 2.45) is 5.92 Å². The lowest BCUT2D eigenvalue weighted by Gasteiger charge is -2.38. The summed E-state index contributed by atoms with van der Waals surface area (Å²) in [5.41, 5.74) is 0. The van der Waals surface area contributed by atoms with Gasteiger partial charge < -0.3 is 19.4 Å². The second-order valence-corrected chi connectivity index (χ2v) is 8.82. The monoisotopic (exact) mass is 476 g/mol. The molecule has 3 rings (SSSR count). The number of unbranched alkanes of at least 4 members (excludes halogenated alkanes) is 2. The third kappa shape index (κ3) is 6.34. The molecule has 0 unspecified atom stereocenters. The molecular formula is C23H36N6O5. The Morgan fingerprint density at radius 1 is 1.26 bits per heavy atom. The molecule has 0 bridgehead atoms. The van der Waals surface area contributed by atoms with Crippen LogP contribution in [0.15, 0.2) is 12.3 Å². The number of carbonyl (C=O) groups is 3. The number of carbonyl (C=O) groups excluding carboxylic acids is 3. The van der Waals surface area contributed by atoms with Gasteiger partial charge in [-0.3, -0.25) is 19.6 Å². The largest absolute Gasteiger partial charge is 0.481 e. The number of hydrogen-bond acceptors (Lipinski definition) is 8. The molecule has 0 aromatic carbocycles. The molecule has 2 atom stereocenters. The Morgan fingerprint density at radius 3 is 2.71 bits per heavy atom. The van der Waals surface area contributed by atoms with Crippen LogP contribution in [0.5, 0.6) is 5.88 Å². The SMILES string of the molecule is CCCCC[C@H](CN(O)C=O)C(=O)N1CCC[C@H]1C(=O)N1CCN(c2nccc(OC)n2)CC1. The molecule has 11 nitrogen and oxygen atoms in total. The van der Waals surface area contributed by atoms with Crippen molar-refractivity contribution in [2.45, 2.75) is 51.5 Å². The molecule has 0 spiro atoms. The molecule has 3 heterocycles. The highest BCUT2D eigenvalue weighted by Gasteiger charge is 2.39. The lowest BCUT2D eigenvalue weighted by molar-refractivity contribution is -0.158. The number of hydrogen-bond donors (Lipinski definition) is 1. The van der Waals surface area contributed by atoms with E-state index in [1.807, 2.05) is 9.80 Å². The van der Waals surface area contributed by atoms with E-state index in [2.05, 4.69) is 16.9 Å². The topological polar surface area (TPSA) is 119 Å². The van der Waals surface area contributed by atoms with Crippen molar-refractivity contribution in [3.05, 3.63) is 12.3 Å². The highest BCUT2D eigenvalue weighted by Crippen LogP contribution is 2.25. The average Bonchev–Trinajstić information content (AvgIpc) is 3.37. The number of nitrogens with zero attached hydrogens (tertiary/aromatic N) is 6. The van der Waals surface area contributed by atoms with Gasteiger partial charge in [0, 0.05) is 45.0 Å². The minimum Gasteiger partial charge on any atom is -0.481 e. The number of rotatable bonds is 11. The quantitative estimate of drug-likeness (QED) is 0.219.